The van der Waals surface area contributed by atoms with Gasteiger partial charge in [-0.15, -0.1) is 11.3 Å². The molecule has 0 spiro atoms. The first-order valence-corrected chi connectivity index (χ1v) is 10.6. The summed E-state index contributed by atoms with van der Waals surface area (Å²) < 4.78 is 0.914. The van der Waals surface area contributed by atoms with Gasteiger partial charge in [0.15, 0.2) is 0 Å². The number of nitrogens with zero attached hydrogens (tertiary/aromatic N) is 2. The van der Waals surface area contributed by atoms with Gasteiger partial charge in [0.2, 0.25) is 5.91 Å². The molecule has 1 N–H and O–H groups in total. The number of rotatable bonds is 8. The van der Waals surface area contributed by atoms with E-state index >= 15 is 0 Å². The number of amides is 2. The van der Waals surface area contributed by atoms with E-state index < -0.39 is 0 Å². The van der Waals surface area contributed by atoms with Gasteiger partial charge in [0.05, 0.1) is 15.2 Å². The number of thiophene rings is 1. The van der Waals surface area contributed by atoms with Crippen molar-refractivity contribution in [2.24, 2.45) is 0 Å². The quantitative estimate of drug-likeness (QED) is 0.644. The average molecular weight is 430 g/mol. The largest absolute Gasteiger partial charge is 0.355 e. The summed E-state index contributed by atoms with van der Waals surface area (Å²) in [6.45, 7) is 5.40. The van der Waals surface area contributed by atoms with Crippen LogP contribution < -0.4 is 5.32 Å². The summed E-state index contributed by atoms with van der Waals surface area (Å²) in [5.74, 6) is -0.220. The topological polar surface area (TPSA) is 52.7 Å². The van der Waals surface area contributed by atoms with Crippen molar-refractivity contribution in [3.8, 4) is 0 Å². The molecule has 2 rings (SSSR count). The summed E-state index contributed by atoms with van der Waals surface area (Å²) >= 11 is 4.73. The summed E-state index contributed by atoms with van der Waals surface area (Å²) in [5, 5.41) is 2.92. The van der Waals surface area contributed by atoms with Crippen LogP contribution in [0.5, 0.6) is 0 Å². The van der Waals surface area contributed by atoms with Crippen LogP contribution in [0.4, 0.5) is 0 Å². The summed E-state index contributed by atoms with van der Waals surface area (Å²) in [4.78, 5) is 28.8. The van der Waals surface area contributed by atoms with Crippen molar-refractivity contribution < 1.29 is 9.59 Å². The second-order valence-corrected chi connectivity index (χ2v) is 9.17. The molecule has 0 saturated carbocycles. The summed E-state index contributed by atoms with van der Waals surface area (Å²) in [6.07, 6.45) is 6.04. The van der Waals surface area contributed by atoms with Crippen molar-refractivity contribution in [3.63, 3.8) is 0 Å². The van der Waals surface area contributed by atoms with E-state index in [2.05, 4.69) is 33.1 Å². The standard InChI is InChI=1S/C18H28BrN3O2S/c1-14-7-3-5-11-22(14)12-6-4-10-20-17(23)13-21(2)18(24)15-8-9-16(19)25-15/h8-9,14H,3-7,10-13H2,1-2H3,(H,20,23). The van der Waals surface area contributed by atoms with Crippen LogP contribution in [0.15, 0.2) is 15.9 Å². The molecule has 1 saturated heterocycles. The maximum atomic E-state index is 12.2. The van der Waals surface area contributed by atoms with Gasteiger partial charge in [-0.3, -0.25) is 9.59 Å². The van der Waals surface area contributed by atoms with Crippen LogP contribution in [0.25, 0.3) is 0 Å². The van der Waals surface area contributed by atoms with Crippen LogP contribution in [0.2, 0.25) is 0 Å². The Hall–Kier alpha value is -0.920. The maximum Gasteiger partial charge on any atom is 0.264 e. The van der Waals surface area contributed by atoms with Gasteiger partial charge >= 0.3 is 0 Å². The lowest BCUT2D eigenvalue weighted by Crippen LogP contribution is -2.39. The molecule has 140 valence electrons. The fraction of sp³-hybridized carbons (Fsp3) is 0.667. The molecular weight excluding hydrogens is 402 g/mol. The number of likely N-dealkylation sites (tertiary alicyclic amines) is 1. The third kappa shape index (κ3) is 6.72. The minimum absolute atomic E-state index is 0.0948. The molecular formula is C18H28BrN3O2S. The number of carbonyl (C=O) groups excluding carboxylic acids is 2. The molecule has 0 aliphatic carbocycles. The van der Waals surface area contributed by atoms with Crippen LogP contribution in [-0.2, 0) is 4.79 Å². The number of unbranched alkanes of at least 4 members (excludes halogenated alkanes) is 1. The Bertz CT molecular complexity index is 578. The molecule has 25 heavy (non-hydrogen) atoms. The zero-order valence-electron chi connectivity index (χ0n) is 15.1. The highest BCUT2D eigenvalue weighted by Gasteiger charge is 2.18. The lowest BCUT2D eigenvalue weighted by Gasteiger charge is -2.33. The molecule has 1 unspecified atom stereocenters. The molecule has 1 aliphatic heterocycles. The molecule has 1 atom stereocenters. The fourth-order valence-corrected chi connectivity index (χ4v) is 4.50. The average Bonchev–Trinajstić information content (AvgIpc) is 3.01. The third-order valence-corrected chi connectivity index (χ3v) is 6.26. The molecule has 0 aromatic carbocycles. The predicted molar refractivity (Wildman–Crippen MR) is 106 cm³/mol. The van der Waals surface area contributed by atoms with Crippen LogP contribution in [0.1, 0.15) is 48.7 Å². The van der Waals surface area contributed by atoms with E-state index in [1.807, 2.05) is 6.07 Å². The Kier molecular flexibility index (Phi) is 8.39. The van der Waals surface area contributed by atoms with E-state index in [0.29, 0.717) is 17.5 Å². The number of likely N-dealkylation sites (N-methyl/N-ethyl adjacent to an activating group) is 1. The Morgan fingerprint density at radius 2 is 2.16 bits per heavy atom. The summed E-state index contributed by atoms with van der Waals surface area (Å²) in [5.41, 5.74) is 0. The molecule has 1 aromatic heterocycles. The van der Waals surface area contributed by atoms with Crippen molar-refractivity contribution in [2.45, 2.75) is 45.1 Å². The Morgan fingerprint density at radius 3 is 2.84 bits per heavy atom. The SMILES string of the molecule is CC1CCCCN1CCCCNC(=O)CN(C)C(=O)c1ccc(Br)s1. The van der Waals surface area contributed by atoms with Crippen molar-refractivity contribution in [1.29, 1.82) is 0 Å². The van der Waals surface area contributed by atoms with Gasteiger partial charge in [-0.05, 0) is 73.8 Å². The third-order valence-electron chi connectivity index (χ3n) is 4.65. The first kappa shape index (κ1) is 20.4. The molecule has 5 nitrogen and oxygen atoms in total. The monoisotopic (exact) mass is 429 g/mol. The van der Waals surface area contributed by atoms with E-state index in [0.717, 1.165) is 23.2 Å². The predicted octanol–water partition coefficient (Wildman–Crippen LogP) is 3.35. The maximum absolute atomic E-state index is 12.2. The number of halogens is 1. The Morgan fingerprint density at radius 1 is 1.36 bits per heavy atom. The second-order valence-electron chi connectivity index (χ2n) is 6.70. The van der Waals surface area contributed by atoms with E-state index in [1.165, 1.54) is 42.0 Å². The summed E-state index contributed by atoms with van der Waals surface area (Å²) in [7, 11) is 1.66. The molecule has 2 heterocycles. The lowest BCUT2D eigenvalue weighted by molar-refractivity contribution is -0.121. The molecule has 1 aliphatic rings. The van der Waals surface area contributed by atoms with E-state index in [9.17, 15) is 9.59 Å². The van der Waals surface area contributed by atoms with Gasteiger partial charge in [-0.25, -0.2) is 0 Å². The number of carbonyl (C=O) groups is 2. The first-order valence-electron chi connectivity index (χ1n) is 8.99. The van der Waals surface area contributed by atoms with Gasteiger partial charge in [0.1, 0.15) is 0 Å². The minimum atomic E-state index is -0.120. The lowest BCUT2D eigenvalue weighted by atomic mass is 10.0. The van der Waals surface area contributed by atoms with Crippen LogP contribution >= 0.6 is 27.3 Å². The normalized spacial score (nSPS) is 18.1. The molecule has 7 heteroatoms. The van der Waals surface area contributed by atoms with Crippen molar-refractivity contribution >= 4 is 39.1 Å². The van der Waals surface area contributed by atoms with E-state index in [-0.39, 0.29) is 18.4 Å². The van der Waals surface area contributed by atoms with Crippen molar-refractivity contribution in [3.05, 3.63) is 20.8 Å². The van der Waals surface area contributed by atoms with Gasteiger partial charge in [0.25, 0.3) is 5.91 Å². The number of piperidine rings is 1. The highest BCUT2D eigenvalue weighted by Crippen LogP contribution is 2.23. The highest BCUT2D eigenvalue weighted by atomic mass is 79.9. The van der Waals surface area contributed by atoms with Crippen LogP contribution in [-0.4, -0.2) is 60.9 Å². The Labute approximate surface area is 162 Å². The van der Waals surface area contributed by atoms with Crippen molar-refractivity contribution in [2.75, 3.05) is 33.2 Å². The highest BCUT2D eigenvalue weighted by molar-refractivity contribution is 9.11. The molecule has 1 fully saturated rings. The van der Waals surface area contributed by atoms with Crippen molar-refractivity contribution in [1.82, 2.24) is 15.1 Å². The molecule has 0 bridgehead atoms. The first-order chi connectivity index (χ1) is 12.0. The Balaban J connectivity index is 1.59. The van der Waals surface area contributed by atoms with E-state index in [1.54, 1.807) is 13.1 Å². The zero-order chi connectivity index (χ0) is 18.2. The molecule has 2 amide bonds. The van der Waals surface area contributed by atoms with Gasteiger partial charge in [0, 0.05) is 19.6 Å². The minimum Gasteiger partial charge on any atom is -0.355 e. The summed E-state index contributed by atoms with van der Waals surface area (Å²) in [6, 6.07) is 4.31. The van der Waals surface area contributed by atoms with Crippen LogP contribution in [0.3, 0.4) is 0 Å². The molecule has 1 aromatic rings. The van der Waals surface area contributed by atoms with Gasteiger partial charge in [-0.2, -0.15) is 0 Å². The number of nitrogens with one attached hydrogen (secondary N) is 1. The smallest absolute Gasteiger partial charge is 0.264 e. The number of hydrogen-bond acceptors (Lipinski definition) is 4. The van der Waals surface area contributed by atoms with E-state index in [4.69, 9.17) is 0 Å². The van der Waals surface area contributed by atoms with Gasteiger partial charge in [-0.1, -0.05) is 6.42 Å². The second kappa shape index (κ2) is 10.3. The number of hydrogen-bond donors (Lipinski definition) is 1. The fourth-order valence-electron chi connectivity index (χ4n) is 3.12. The molecule has 0 radical (unpaired) electrons. The zero-order valence-corrected chi connectivity index (χ0v) is 17.5. The van der Waals surface area contributed by atoms with Crippen LogP contribution in [0, 0.1) is 0 Å². The van der Waals surface area contributed by atoms with Gasteiger partial charge < -0.3 is 15.1 Å².